The minimum absolute atomic E-state index is 0.283. The highest BCUT2D eigenvalue weighted by Crippen LogP contribution is 2.31. The van der Waals surface area contributed by atoms with Crippen LogP contribution >= 0.6 is 15.9 Å². The molecule has 0 saturated heterocycles. The minimum atomic E-state index is 0.283. The predicted octanol–water partition coefficient (Wildman–Crippen LogP) is 12.8. The van der Waals surface area contributed by atoms with Crippen LogP contribution in [-0.4, -0.2) is 25.0 Å². The van der Waals surface area contributed by atoms with E-state index in [1.165, 1.54) is 11.1 Å². The van der Waals surface area contributed by atoms with Crippen LogP contribution in [0.3, 0.4) is 0 Å². The van der Waals surface area contributed by atoms with Gasteiger partial charge in [0, 0.05) is 51.5 Å². The molecule has 7 heteroatoms. The maximum absolute atomic E-state index is 9.43. The lowest BCUT2D eigenvalue weighted by Gasteiger charge is -2.11. The summed E-state index contributed by atoms with van der Waals surface area (Å²) in [6.07, 6.45) is 7.22. The van der Waals surface area contributed by atoms with Crippen molar-refractivity contribution in [2.45, 2.75) is 27.7 Å². The minimum Gasteiger partial charge on any atom is -0.508 e. The van der Waals surface area contributed by atoms with Crippen LogP contribution in [0.25, 0.3) is 45.0 Å². The summed E-state index contributed by atoms with van der Waals surface area (Å²) in [6.45, 7) is 8.15. The van der Waals surface area contributed by atoms with E-state index in [4.69, 9.17) is 4.74 Å². The van der Waals surface area contributed by atoms with Gasteiger partial charge in [0.15, 0.2) is 0 Å². The average Bonchev–Trinajstić information content (AvgIpc) is 3.19. The molecule has 4 aromatic heterocycles. The zero-order valence-electron chi connectivity index (χ0n) is 31.2. The SMILES string of the molecule is Cc1cc(O)cc(-c2ccccn2)c1.Cc1cc(Oc2cccc(-c3cc(C)ccn3)c2)cc(-c2ccccn2)c1.Cc1ccnc(-c2cccc(Br)c2)c1. The molecule has 0 aliphatic heterocycles. The van der Waals surface area contributed by atoms with Crippen LogP contribution < -0.4 is 4.74 Å². The Hall–Kier alpha value is -6.44. The first-order valence-corrected chi connectivity index (χ1v) is 18.6. The summed E-state index contributed by atoms with van der Waals surface area (Å²) in [5.41, 5.74) is 12.5. The van der Waals surface area contributed by atoms with Crippen molar-refractivity contribution in [3.05, 3.63) is 197 Å². The topological polar surface area (TPSA) is 81.0 Å². The molecule has 0 unspecified atom stereocenters. The second kappa shape index (κ2) is 18.5. The molecule has 8 aromatic rings. The van der Waals surface area contributed by atoms with Gasteiger partial charge in [-0.25, -0.2) is 0 Å². The monoisotopic (exact) mass is 784 g/mol. The molecule has 0 aliphatic carbocycles. The Labute approximate surface area is 331 Å². The first-order valence-electron chi connectivity index (χ1n) is 17.8. The standard InChI is InChI=1S/C24H20N2O.C12H10BrN.C12H11NO/c1-17-9-11-26-24(14-17)19-6-5-7-21(15-19)27-22-13-18(2)12-20(16-22)23-8-3-4-10-25-23;1-9-5-6-14-12(7-9)10-3-2-4-11(13)8-10;1-9-6-10(8-11(14)7-9)12-4-2-3-5-13-12/h3-16H,1-2H3;2-8H,1H3;2-8,14H,1H3. The van der Waals surface area contributed by atoms with Crippen molar-refractivity contribution in [1.29, 1.82) is 0 Å². The summed E-state index contributed by atoms with van der Waals surface area (Å²) < 4.78 is 7.24. The molecule has 0 aliphatic rings. The van der Waals surface area contributed by atoms with Crippen LogP contribution in [0, 0.1) is 27.7 Å². The third-order valence-corrected chi connectivity index (χ3v) is 8.84. The van der Waals surface area contributed by atoms with Crippen LogP contribution in [0.2, 0.25) is 0 Å². The smallest absolute Gasteiger partial charge is 0.128 e. The summed E-state index contributed by atoms with van der Waals surface area (Å²) in [6, 6.07) is 47.6. The van der Waals surface area contributed by atoms with Crippen molar-refractivity contribution in [3.63, 3.8) is 0 Å². The first-order chi connectivity index (χ1) is 26.7. The number of aromatic hydroxyl groups is 1. The fourth-order valence-electron chi connectivity index (χ4n) is 5.82. The highest BCUT2D eigenvalue weighted by molar-refractivity contribution is 9.10. The number of aryl methyl sites for hydroxylation is 4. The van der Waals surface area contributed by atoms with Crippen molar-refractivity contribution in [2.24, 2.45) is 0 Å². The maximum atomic E-state index is 9.43. The van der Waals surface area contributed by atoms with E-state index in [0.29, 0.717) is 0 Å². The highest BCUT2D eigenvalue weighted by atomic mass is 79.9. The molecule has 0 saturated carbocycles. The molecule has 0 radical (unpaired) electrons. The lowest BCUT2D eigenvalue weighted by atomic mass is 10.1. The van der Waals surface area contributed by atoms with E-state index in [9.17, 15) is 5.11 Å². The third-order valence-electron chi connectivity index (χ3n) is 8.35. The van der Waals surface area contributed by atoms with Gasteiger partial charge in [-0.15, -0.1) is 0 Å². The van der Waals surface area contributed by atoms with E-state index in [0.717, 1.165) is 72.1 Å². The number of benzene rings is 4. The fourth-order valence-corrected chi connectivity index (χ4v) is 6.22. The summed E-state index contributed by atoms with van der Waals surface area (Å²) in [5.74, 6) is 1.86. The van der Waals surface area contributed by atoms with Crippen molar-refractivity contribution in [3.8, 4) is 62.3 Å². The predicted molar refractivity (Wildman–Crippen MR) is 227 cm³/mol. The first kappa shape index (κ1) is 38.3. The number of rotatable bonds is 6. The number of aromatic nitrogens is 4. The molecule has 272 valence electrons. The van der Waals surface area contributed by atoms with E-state index in [-0.39, 0.29) is 5.75 Å². The molecule has 8 rings (SSSR count). The number of nitrogens with zero attached hydrogens (tertiary/aromatic N) is 4. The van der Waals surface area contributed by atoms with E-state index >= 15 is 0 Å². The average molecular weight is 786 g/mol. The second-order valence-electron chi connectivity index (χ2n) is 13.1. The molecule has 55 heavy (non-hydrogen) atoms. The number of hydrogen-bond donors (Lipinski definition) is 1. The van der Waals surface area contributed by atoms with Gasteiger partial charge in [-0.3, -0.25) is 19.9 Å². The van der Waals surface area contributed by atoms with Crippen LogP contribution in [-0.2, 0) is 0 Å². The van der Waals surface area contributed by atoms with Crippen molar-refractivity contribution in [1.82, 2.24) is 19.9 Å². The third kappa shape index (κ3) is 11.3. The zero-order valence-corrected chi connectivity index (χ0v) is 32.8. The van der Waals surface area contributed by atoms with Crippen LogP contribution in [0.15, 0.2) is 175 Å². The van der Waals surface area contributed by atoms with Gasteiger partial charge in [-0.2, -0.15) is 0 Å². The molecule has 0 amide bonds. The molecule has 4 aromatic carbocycles. The van der Waals surface area contributed by atoms with Gasteiger partial charge in [0.05, 0.1) is 22.8 Å². The van der Waals surface area contributed by atoms with E-state index in [1.54, 1.807) is 24.5 Å². The Bertz CT molecular complexity index is 2430. The number of pyridine rings is 4. The number of phenolic OH excluding ortho intramolecular Hbond substituents is 1. The molecule has 4 heterocycles. The molecule has 1 N–H and O–H groups in total. The fraction of sp³-hybridized carbons (Fsp3) is 0.0833. The van der Waals surface area contributed by atoms with Crippen LogP contribution in [0.5, 0.6) is 17.2 Å². The van der Waals surface area contributed by atoms with E-state index in [2.05, 4.69) is 87.0 Å². The van der Waals surface area contributed by atoms with Crippen LogP contribution in [0.1, 0.15) is 22.3 Å². The molecular formula is C48H41BrN4O2. The lowest BCUT2D eigenvalue weighted by molar-refractivity contribution is 0.475. The maximum Gasteiger partial charge on any atom is 0.128 e. The van der Waals surface area contributed by atoms with Gasteiger partial charge >= 0.3 is 0 Å². The van der Waals surface area contributed by atoms with Gasteiger partial charge in [-0.1, -0.05) is 52.3 Å². The highest BCUT2D eigenvalue weighted by Gasteiger charge is 2.07. The second-order valence-corrected chi connectivity index (χ2v) is 14.0. The summed E-state index contributed by atoms with van der Waals surface area (Å²) >= 11 is 3.45. The molecule has 0 atom stereocenters. The van der Waals surface area contributed by atoms with Gasteiger partial charge < -0.3 is 9.84 Å². The van der Waals surface area contributed by atoms with Gasteiger partial charge in [0.25, 0.3) is 0 Å². The van der Waals surface area contributed by atoms with Gasteiger partial charge in [-0.05, 0) is 159 Å². The normalized spacial score (nSPS) is 10.3. The van der Waals surface area contributed by atoms with Gasteiger partial charge in [0.1, 0.15) is 17.2 Å². The Morgan fingerprint density at radius 3 is 1.47 bits per heavy atom. The Morgan fingerprint density at radius 2 is 0.927 bits per heavy atom. The number of hydrogen-bond acceptors (Lipinski definition) is 6. The van der Waals surface area contributed by atoms with Gasteiger partial charge in [0.2, 0.25) is 0 Å². The van der Waals surface area contributed by atoms with E-state index in [1.807, 2.05) is 122 Å². The summed E-state index contributed by atoms with van der Waals surface area (Å²) in [7, 11) is 0. The Balaban J connectivity index is 0.000000155. The van der Waals surface area contributed by atoms with Crippen molar-refractivity contribution < 1.29 is 9.84 Å². The molecule has 6 nitrogen and oxygen atoms in total. The molecule has 0 bridgehead atoms. The Kier molecular flexibility index (Phi) is 12.9. The summed E-state index contributed by atoms with van der Waals surface area (Å²) in [4.78, 5) is 17.4. The van der Waals surface area contributed by atoms with Crippen molar-refractivity contribution in [2.75, 3.05) is 0 Å². The molecule has 0 spiro atoms. The molecule has 0 fully saturated rings. The van der Waals surface area contributed by atoms with Crippen molar-refractivity contribution >= 4 is 15.9 Å². The largest absolute Gasteiger partial charge is 0.508 e. The quantitative estimate of drug-likeness (QED) is 0.181. The lowest BCUT2D eigenvalue weighted by Crippen LogP contribution is -1.90. The summed E-state index contributed by atoms with van der Waals surface area (Å²) in [5, 5.41) is 9.43. The number of halogens is 1. The number of ether oxygens (including phenoxy) is 1. The number of phenols is 1. The molecular weight excluding hydrogens is 744 g/mol. The Morgan fingerprint density at radius 1 is 0.400 bits per heavy atom. The zero-order chi connectivity index (χ0) is 38.6. The van der Waals surface area contributed by atoms with Crippen LogP contribution in [0.4, 0.5) is 0 Å². The van der Waals surface area contributed by atoms with E-state index < -0.39 is 0 Å².